The Morgan fingerprint density at radius 3 is 2.58 bits per heavy atom. The molecule has 0 radical (unpaired) electrons. The molecule has 0 aliphatic carbocycles. The van der Waals surface area contributed by atoms with E-state index in [0.717, 1.165) is 19.3 Å². The molecule has 1 aliphatic rings. The number of carbonyl (C=O) groups is 2. The van der Waals surface area contributed by atoms with Crippen LogP contribution in [0.25, 0.3) is 0 Å². The molecule has 6 nitrogen and oxygen atoms in total. The van der Waals surface area contributed by atoms with Gasteiger partial charge in [-0.05, 0) is 24.8 Å². The smallest absolute Gasteiger partial charge is 0.273 e. The lowest BCUT2D eigenvalue weighted by atomic mass is 9.74. The number of amides is 2. The van der Waals surface area contributed by atoms with Gasteiger partial charge in [-0.1, -0.05) is 30.3 Å². The van der Waals surface area contributed by atoms with Gasteiger partial charge in [0.1, 0.15) is 5.69 Å². The fourth-order valence-electron chi connectivity index (χ4n) is 3.35. The van der Waals surface area contributed by atoms with Crippen LogP contribution in [0.3, 0.4) is 0 Å². The molecule has 2 aromatic rings. The molecule has 1 fully saturated rings. The van der Waals surface area contributed by atoms with Crippen LogP contribution in [0.1, 0.15) is 35.8 Å². The maximum absolute atomic E-state index is 12.7. The summed E-state index contributed by atoms with van der Waals surface area (Å²) in [5.41, 5.74) is 1.39. The zero-order valence-electron chi connectivity index (χ0n) is 14.8. The van der Waals surface area contributed by atoms with Gasteiger partial charge in [0.15, 0.2) is 5.13 Å². The van der Waals surface area contributed by atoms with Crippen molar-refractivity contribution in [2.45, 2.75) is 26.2 Å². The quantitative estimate of drug-likeness (QED) is 0.844. The van der Waals surface area contributed by atoms with Crippen LogP contribution in [-0.2, 0) is 11.2 Å². The Bertz CT molecular complexity index is 767. The number of hydrogen-bond donors (Lipinski definition) is 2. The third kappa shape index (κ3) is 4.28. The first kappa shape index (κ1) is 18.5. The van der Waals surface area contributed by atoms with E-state index in [1.165, 1.54) is 23.8 Å². The highest BCUT2D eigenvalue weighted by atomic mass is 32.1. The molecular weight excluding hydrogens is 350 g/mol. The number of nitrogens with one attached hydrogen (secondary N) is 1. The van der Waals surface area contributed by atoms with Gasteiger partial charge in [0.2, 0.25) is 5.91 Å². The minimum atomic E-state index is -0.204. The van der Waals surface area contributed by atoms with E-state index >= 15 is 0 Å². The Kier molecular flexibility index (Phi) is 5.68. The first-order valence-corrected chi connectivity index (χ1v) is 9.56. The number of likely N-dealkylation sites (tertiary alicyclic amines) is 1. The van der Waals surface area contributed by atoms with E-state index in [1.54, 1.807) is 10.3 Å². The van der Waals surface area contributed by atoms with Crippen LogP contribution in [0.5, 0.6) is 0 Å². The molecule has 0 bridgehead atoms. The minimum Gasteiger partial charge on any atom is -0.396 e. The molecular formula is C19H23N3O3S. The van der Waals surface area contributed by atoms with Gasteiger partial charge in [-0.15, -0.1) is 11.3 Å². The predicted octanol–water partition coefficient (Wildman–Crippen LogP) is 2.56. The first-order chi connectivity index (χ1) is 12.5. The fourth-order valence-corrected chi connectivity index (χ4v) is 4.08. The molecule has 0 spiro atoms. The molecule has 7 heteroatoms. The molecule has 26 heavy (non-hydrogen) atoms. The topological polar surface area (TPSA) is 82.5 Å². The lowest BCUT2D eigenvalue weighted by Gasteiger charge is -2.40. The van der Waals surface area contributed by atoms with Gasteiger partial charge in [-0.2, -0.15) is 0 Å². The normalized spacial score (nSPS) is 16.3. The average molecular weight is 373 g/mol. The molecule has 2 N–H and O–H groups in total. The highest BCUT2D eigenvalue weighted by molar-refractivity contribution is 7.14. The number of aliphatic hydroxyl groups excluding tert-OH is 1. The second-order valence-electron chi connectivity index (χ2n) is 6.83. The lowest BCUT2D eigenvalue weighted by molar-refractivity contribution is -0.114. The predicted molar refractivity (Wildman–Crippen MR) is 101 cm³/mol. The summed E-state index contributed by atoms with van der Waals surface area (Å²) in [5, 5.41) is 14.7. The summed E-state index contributed by atoms with van der Waals surface area (Å²) < 4.78 is 0. The molecule has 1 aromatic heterocycles. The molecule has 0 unspecified atom stereocenters. The van der Waals surface area contributed by atoms with Crippen LogP contribution < -0.4 is 5.32 Å². The van der Waals surface area contributed by atoms with E-state index in [-0.39, 0.29) is 23.8 Å². The van der Waals surface area contributed by atoms with Crippen LogP contribution in [0.15, 0.2) is 35.7 Å². The van der Waals surface area contributed by atoms with Crippen molar-refractivity contribution in [2.75, 3.05) is 25.0 Å². The van der Waals surface area contributed by atoms with Crippen LogP contribution in [0.2, 0.25) is 0 Å². The fraction of sp³-hybridized carbons (Fsp3) is 0.421. The number of rotatable bonds is 5. The summed E-state index contributed by atoms with van der Waals surface area (Å²) in [6.45, 7) is 2.72. The maximum atomic E-state index is 12.7. The number of benzene rings is 1. The van der Waals surface area contributed by atoms with Crippen LogP contribution >= 0.6 is 11.3 Å². The van der Waals surface area contributed by atoms with Gasteiger partial charge in [0, 0.05) is 37.4 Å². The standard InChI is InChI=1S/C19H23N3O3S/c1-14(24)20-18-21-16(12-26-18)17(25)22-9-7-19(13-23,8-10-22)11-15-5-3-2-4-6-15/h2-6,12,23H,7-11,13H2,1H3,(H,20,21,24). The number of piperidine rings is 1. The highest BCUT2D eigenvalue weighted by Crippen LogP contribution is 2.35. The number of aromatic nitrogens is 1. The molecule has 1 aromatic carbocycles. The van der Waals surface area contributed by atoms with Crippen molar-refractivity contribution in [1.82, 2.24) is 9.88 Å². The molecule has 0 atom stereocenters. The number of anilines is 1. The average Bonchev–Trinajstić information content (AvgIpc) is 3.10. The molecule has 1 aliphatic heterocycles. The Balaban J connectivity index is 1.62. The van der Waals surface area contributed by atoms with E-state index in [0.29, 0.717) is 23.9 Å². The Labute approximate surface area is 156 Å². The van der Waals surface area contributed by atoms with Crippen molar-refractivity contribution in [3.8, 4) is 0 Å². The molecule has 138 valence electrons. The highest BCUT2D eigenvalue weighted by Gasteiger charge is 2.36. The number of carbonyl (C=O) groups excluding carboxylic acids is 2. The second-order valence-corrected chi connectivity index (χ2v) is 7.69. The van der Waals surface area contributed by atoms with E-state index in [4.69, 9.17) is 0 Å². The van der Waals surface area contributed by atoms with Crippen molar-refractivity contribution in [3.63, 3.8) is 0 Å². The van der Waals surface area contributed by atoms with Gasteiger partial charge in [-0.25, -0.2) is 4.98 Å². The largest absolute Gasteiger partial charge is 0.396 e. The lowest BCUT2D eigenvalue weighted by Crippen LogP contribution is -2.45. The maximum Gasteiger partial charge on any atom is 0.273 e. The molecule has 2 amide bonds. The van der Waals surface area contributed by atoms with E-state index in [2.05, 4.69) is 22.4 Å². The van der Waals surface area contributed by atoms with E-state index < -0.39 is 0 Å². The van der Waals surface area contributed by atoms with Crippen molar-refractivity contribution >= 4 is 28.3 Å². The molecule has 0 saturated carbocycles. The summed E-state index contributed by atoms with van der Waals surface area (Å²) in [6, 6.07) is 10.2. The van der Waals surface area contributed by atoms with Gasteiger partial charge in [-0.3, -0.25) is 9.59 Å². The number of aliphatic hydroxyl groups is 1. The minimum absolute atomic E-state index is 0.118. The number of hydrogen-bond acceptors (Lipinski definition) is 5. The van der Waals surface area contributed by atoms with Crippen molar-refractivity contribution in [2.24, 2.45) is 5.41 Å². The third-order valence-corrected chi connectivity index (χ3v) is 5.63. The number of nitrogens with zero attached hydrogens (tertiary/aromatic N) is 2. The third-order valence-electron chi connectivity index (χ3n) is 4.87. The van der Waals surface area contributed by atoms with E-state index in [9.17, 15) is 14.7 Å². The second kappa shape index (κ2) is 7.97. The zero-order chi connectivity index (χ0) is 18.6. The first-order valence-electron chi connectivity index (χ1n) is 8.68. The van der Waals surface area contributed by atoms with Gasteiger partial charge in [0.05, 0.1) is 0 Å². The monoisotopic (exact) mass is 373 g/mol. The SMILES string of the molecule is CC(=O)Nc1nc(C(=O)N2CCC(CO)(Cc3ccccc3)CC2)cs1. The van der Waals surface area contributed by atoms with Crippen molar-refractivity contribution < 1.29 is 14.7 Å². The van der Waals surface area contributed by atoms with Crippen LogP contribution in [0, 0.1) is 5.41 Å². The van der Waals surface area contributed by atoms with Crippen LogP contribution in [-0.4, -0.2) is 46.5 Å². The van der Waals surface area contributed by atoms with Gasteiger partial charge >= 0.3 is 0 Å². The molecule has 1 saturated heterocycles. The Hall–Kier alpha value is -2.25. The van der Waals surface area contributed by atoms with Gasteiger partial charge in [0.25, 0.3) is 5.91 Å². The van der Waals surface area contributed by atoms with Gasteiger partial charge < -0.3 is 15.3 Å². The zero-order valence-corrected chi connectivity index (χ0v) is 15.6. The van der Waals surface area contributed by atoms with E-state index in [1.807, 2.05) is 18.2 Å². The Morgan fingerprint density at radius 2 is 1.96 bits per heavy atom. The molecule has 2 heterocycles. The number of thiazole rings is 1. The summed E-state index contributed by atoms with van der Waals surface area (Å²) in [6.07, 6.45) is 2.33. The molecule has 3 rings (SSSR count). The summed E-state index contributed by atoms with van der Waals surface area (Å²) >= 11 is 1.25. The van der Waals surface area contributed by atoms with Crippen molar-refractivity contribution in [3.05, 3.63) is 47.0 Å². The Morgan fingerprint density at radius 1 is 1.27 bits per heavy atom. The summed E-state index contributed by atoms with van der Waals surface area (Å²) in [4.78, 5) is 29.7. The summed E-state index contributed by atoms with van der Waals surface area (Å²) in [7, 11) is 0. The van der Waals surface area contributed by atoms with Crippen molar-refractivity contribution in [1.29, 1.82) is 0 Å². The summed E-state index contributed by atoms with van der Waals surface area (Å²) in [5.74, 6) is -0.325. The van der Waals surface area contributed by atoms with Crippen LogP contribution in [0.4, 0.5) is 5.13 Å².